The van der Waals surface area contributed by atoms with Crippen molar-refractivity contribution in [3.8, 4) is 11.5 Å². The zero-order valence-corrected chi connectivity index (χ0v) is 12.0. The van der Waals surface area contributed by atoms with Crippen LogP contribution in [-0.2, 0) is 22.4 Å². The normalized spacial score (nSPS) is 16.6. The highest BCUT2D eigenvalue weighted by Crippen LogP contribution is 2.34. The van der Waals surface area contributed by atoms with Crippen LogP contribution in [0.5, 0.6) is 11.5 Å². The molecule has 0 saturated heterocycles. The SMILES string of the molecule is CCOC(=O)CCOc1cc2c(c(OC)c1)CC(N)C2. The van der Waals surface area contributed by atoms with Gasteiger partial charge in [-0.1, -0.05) is 0 Å². The molecule has 1 aromatic rings. The first kappa shape index (κ1) is 14.7. The van der Waals surface area contributed by atoms with Crippen LogP contribution in [0.1, 0.15) is 24.5 Å². The average Bonchev–Trinajstić information content (AvgIpc) is 2.78. The van der Waals surface area contributed by atoms with E-state index in [1.54, 1.807) is 14.0 Å². The second-order valence-electron chi connectivity index (χ2n) is 4.84. The lowest BCUT2D eigenvalue weighted by Gasteiger charge is -2.11. The number of esters is 1. The van der Waals surface area contributed by atoms with Gasteiger partial charge in [-0.15, -0.1) is 0 Å². The molecule has 1 aliphatic carbocycles. The molecule has 2 N–H and O–H groups in total. The number of ether oxygens (including phenoxy) is 3. The zero-order valence-electron chi connectivity index (χ0n) is 12.0. The molecule has 1 aliphatic rings. The minimum atomic E-state index is -0.248. The van der Waals surface area contributed by atoms with E-state index in [0.717, 1.165) is 24.2 Å². The van der Waals surface area contributed by atoms with Gasteiger partial charge in [0.2, 0.25) is 0 Å². The highest BCUT2D eigenvalue weighted by Gasteiger charge is 2.23. The summed E-state index contributed by atoms with van der Waals surface area (Å²) >= 11 is 0. The number of hydrogen-bond acceptors (Lipinski definition) is 5. The Kier molecular flexibility index (Phi) is 4.84. The first-order chi connectivity index (χ1) is 9.63. The van der Waals surface area contributed by atoms with Crippen LogP contribution in [0.4, 0.5) is 0 Å². The molecular weight excluding hydrogens is 258 g/mol. The van der Waals surface area contributed by atoms with Crippen molar-refractivity contribution in [2.45, 2.75) is 32.2 Å². The number of hydrogen-bond donors (Lipinski definition) is 1. The van der Waals surface area contributed by atoms with Crippen LogP contribution >= 0.6 is 0 Å². The molecule has 0 spiro atoms. The van der Waals surface area contributed by atoms with Crippen LogP contribution in [0.3, 0.4) is 0 Å². The minimum absolute atomic E-state index is 0.147. The molecule has 1 atom stereocenters. The summed E-state index contributed by atoms with van der Waals surface area (Å²) in [7, 11) is 1.64. The molecule has 110 valence electrons. The van der Waals surface area contributed by atoms with Gasteiger partial charge >= 0.3 is 5.97 Å². The van der Waals surface area contributed by atoms with Gasteiger partial charge in [-0.05, 0) is 37.0 Å². The second-order valence-corrected chi connectivity index (χ2v) is 4.84. The van der Waals surface area contributed by atoms with Crippen molar-refractivity contribution in [1.29, 1.82) is 0 Å². The molecule has 5 heteroatoms. The summed E-state index contributed by atoms with van der Waals surface area (Å²) in [6, 6.07) is 3.98. The number of benzene rings is 1. The molecule has 1 aromatic carbocycles. The highest BCUT2D eigenvalue weighted by molar-refractivity contribution is 5.69. The van der Waals surface area contributed by atoms with E-state index < -0.39 is 0 Å². The van der Waals surface area contributed by atoms with Crippen molar-refractivity contribution in [2.75, 3.05) is 20.3 Å². The summed E-state index contributed by atoms with van der Waals surface area (Å²) in [6.45, 7) is 2.48. The molecule has 0 saturated carbocycles. The Morgan fingerprint density at radius 3 is 2.90 bits per heavy atom. The maximum Gasteiger partial charge on any atom is 0.309 e. The third-order valence-corrected chi connectivity index (χ3v) is 3.32. The standard InChI is InChI=1S/C15H21NO4/c1-3-19-15(17)4-5-20-12-7-10-6-11(16)8-13(10)14(9-12)18-2/h7,9,11H,3-6,8,16H2,1-2H3. The predicted octanol–water partition coefficient (Wildman–Crippen LogP) is 1.45. The van der Waals surface area contributed by atoms with Gasteiger partial charge in [-0.2, -0.15) is 0 Å². The Hall–Kier alpha value is -1.75. The highest BCUT2D eigenvalue weighted by atomic mass is 16.5. The Morgan fingerprint density at radius 2 is 2.20 bits per heavy atom. The summed E-state index contributed by atoms with van der Waals surface area (Å²) in [5.41, 5.74) is 8.31. The number of methoxy groups -OCH3 is 1. The smallest absolute Gasteiger partial charge is 0.309 e. The topological polar surface area (TPSA) is 70.8 Å². The van der Waals surface area contributed by atoms with E-state index in [4.69, 9.17) is 19.9 Å². The fourth-order valence-electron chi connectivity index (χ4n) is 2.46. The first-order valence-corrected chi connectivity index (χ1v) is 6.87. The average molecular weight is 279 g/mol. The van der Waals surface area contributed by atoms with E-state index >= 15 is 0 Å². The Morgan fingerprint density at radius 1 is 1.40 bits per heavy atom. The molecule has 5 nitrogen and oxygen atoms in total. The van der Waals surface area contributed by atoms with E-state index in [2.05, 4.69) is 0 Å². The molecule has 0 bridgehead atoms. The number of carbonyl (C=O) groups excluding carboxylic acids is 1. The number of fused-ring (bicyclic) bond motifs is 1. The fourth-order valence-corrected chi connectivity index (χ4v) is 2.46. The maximum atomic E-state index is 11.2. The van der Waals surface area contributed by atoms with Gasteiger partial charge in [0.05, 0.1) is 26.7 Å². The van der Waals surface area contributed by atoms with Crippen LogP contribution in [0.15, 0.2) is 12.1 Å². The molecule has 0 radical (unpaired) electrons. The van der Waals surface area contributed by atoms with E-state index in [-0.39, 0.29) is 18.4 Å². The Labute approximate surface area is 119 Å². The Balaban J connectivity index is 1.99. The molecule has 0 amide bonds. The van der Waals surface area contributed by atoms with Crippen LogP contribution in [0.25, 0.3) is 0 Å². The summed E-state index contributed by atoms with van der Waals surface area (Å²) in [4.78, 5) is 11.2. The predicted molar refractivity (Wildman–Crippen MR) is 75.1 cm³/mol. The van der Waals surface area contributed by atoms with Crippen molar-refractivity contribution in [3.05, 3.63) is 23.3 Å². The van der Waals surface area contributed by atoms with Crippen molar-refractivity contribution < 1.29 is 19.0 Å². The molecule has 1 unspecified atom stereocenters. The molecule has 20 heavy (non-hydrogen) atoms. The maximum absolute atomic E-state index is 11.2. The van der Waals surface area contributed by atoms with E-state index in [0.29, 0.717) is 19.0 Å². The fraction of sp³-hybridized carbons (Fsp3) is 0.533. The van der Waals surface area contributed by atoms with Gasteiger partial charge in [0, 0.05) is 12.1 Å². The lowest BCUT2D eigenvalue weighted by Crippen LogP contribution is -2.19. The van der Waals surface area contributed by atoms with Gasteiger partial charge in [0.15, 0.2) is 0 Å². The largest absolute Gasteiger partial charge is 0.496 e. The van der Waals surface area contributed by atoms with Crippen molar-refractivity contribution in [2.24, 2.45) is 5.73 Å². The zero-order chi connectivity index (χ0) is 14.5. The molecule has 2 rings (SSSR count). The lowest BCUT2D eigenvalue weighted by atomic mass is 10.1. The molecule has 0 fully saturated rings. The van der Waals surface area contributed by atoms with Crippen molar-refractivity contribution in [1.82, 2.24) is 0 Å². The van der Waals surface area contributed by atoms with E-state index in [1.807, 2.05) is 12.1 Å². The number of carbonyl (C=O) groups is 1. The third kappa shape index (κ3) is 3.42. The van der Waals surface area contributed by atoms with Gasteiger partial charge in [-0.3, -0.25) is 4.79 Å². The van der Waals surface area contributed by atoms with Crippen LogP contribution < -0.4 is 15.2 Å². The van der Waals surface area contributed by atoms with E-state index in [1.165, 1.54) is 5.56 Å². The van der Waals surface area contributed by atoms with Crippen LogP contribution in [-0.4, -0.2) is 32.3 Å². The minimum Gasteiger partial charge on any atom is -0.496 e. The summed E-state index contributed by atoms with van der Waals surface area (Å²) in [5, 5.41) is 0. The summed E-state index contributed by atoms with van der Waals surface area (Å²) in [5.74, 6) is 1.27. The van der Waals surface area contributed by atoms with Gasteiger partial charge in [0.1, 0.15) is 11.5 Å². The van der Waals surface area contributed by atoms with Gasteiger partial charge < -0.3 is 19.9 Å². The van der Waals surface area contributed by atoms with Crippen LogP contribution in [0.2, 0.25) is 0 Å². The number of nitrogens with two attached hydrogens (primary N) is 1. The third-order valence-electron chi connectivity index (χ3n) is 3.32. The quantitative estimate of drug-likeness (QED) is 0.798. The Bertz CT molecular complexity index is 487. The number of rotatable bonds is 6. The summed E-state index contributed by atoms with van der Waals surface area (Å²) < 4.78 is 15.8. The molecule has 0 aliphatic heterocycles. The second kappa shape index (κ2) is 6.61. The van der Waals surface area contributed by atoms with Crippen molar-refractivity contribution >= 4 is 5.97 Å². The molecule has 0 heterocycles. The van der Waals surface area contributed by atoms with Crippen LogP contribution in [0, 0.1) is 0 Å². The molecular formula is C15H21NO4. The first-order valence-electron chi connectivity index (χ1n) is 6.87. The van der Waals surface area contributed by atoms with Gasteiger partial charge in [0.25, 0.3) is 0 Å². The molecule has 0 aromatic heterocycles. The van der Waals surface area contributed by atoms with Gasteiger partial charge in [-0.25, -0.2) is 0 Å². The monoisotopic (exact) mass is 279 g/mol. The lowest BCUT2D eigenvalue weighted by molar-refractivity contribution is -0.143. The van der Waals surface area contributed by atoms with E-state index in [9.17, 15) is 4.79 Å². The summed E-state index contributed by atoms with van der Waals surface area (Å²) in [6.07, 6.45) is 1.91. The van der Waals surface area contributed by atoms with Crippen molar-refractivity contribution in [3.63, 3.8) is 0 Å².